The molecule has 2 aliphatic rings. The highest BCUT2D eigenvalue weighted by Gasteiger charge is 2.41. The van der Waals surface area contributed by atoms with Crippen molar-refractivity contribution in [2.24, 2.45) is 5.92 Å². The Morgan fingerprint density at radius 2 is 1.79 bits per heavy atom. The Morgan fingerprint density at radius 1 is 1.03 bits per heavy atom. The molecule has 5 rings (SSSR count). The van der Waals surface area contributed by atoms with Gasteiger partial charge in [-0.3, -0.25) is 9.78 Å². The van der Waals surface area contributed by atoms with E-state index in [1.807, 2.05) is 30.3 Å². The fraction of sp³-hybridized carbons (Fsp3) is 0.458. The number of benzene rings is 1. The Hall–Kier alpha value is -2.72. The number of halogens is 1. The number of nitrogens with one attached hydrogen (secondary N) is 2. The summed E-state index contributed by atoms with van der Waals surface area (Å²) in [6.45, 7) is 1.40. The highest BCUT2D eigenvalue weighted by molar-refractivity contribution is 5.85. The van der Waals surface area contributed by atoms with Crippen LogP contribution in [0.5, 0.6) is 0 Å². The van der Waals surface area contributed by atoms with Crippen LogP contribution in [0.25, 0.3) is 22.2 Å². The predicted molar refractivity (Wildman–Crippen MR) is 134 cm³/mol. The minimum Gasteiger partial charge on any atom is -0.396 e. The zero-order chi connectivity index (χ0) is 22.9. The summed E-state index contributed by atoms with van der Waals surface area (Å²) >= 11 is 0. The minimum atomic E-state index is -1.08. The number of para-hydroxylation sites is 1. The maximum atomic E-state index is 13.3. The van der Waals surface area contributed by atoms with Crippen molar-refractivity contribution < 1.29 is 15.3 Å². The molecule has 3 heterocycles. The number of hydrogen-bond donors (Lipinski definition) is 5. The van der Waals surface area contributed by atoms with E-state index in [0.717, 1.165) is 43.3 Å². The first-order valence-corrected chi connectivity index (χ1v) is 11.5. The van der Waals surface area contributed by atoms with Crippen LogP contribution < -0.4 is 15.8 Å². The molecule has 182 valence electrons. The Bertz CT molecular complexity index is 1200. The fourth-order valence-electron chi connectivity index (χ4n) is 4.89. The number of nitrogens with zero attached hydrogens (tertiary/aromatic N) is 3. The number of aliphatic hydroxyl groups is 3. The summed E-state index contributed by atoms with van der Waals surface area (Å²) < 4.78 is 0. The molecule has 0 spiro atoms. The van der Waals surface area contributed by atoms with E-state index < -0.39 is 24.2 Å². The lowest BCUT2D eigenvalue weighted by atomic mass is 10.1. The summed E-state index contributed by atoms with van der Waals surface area (Å²) in [7, 11) is 0. The Morgan fingerprint density at radius 3 is 2.53 bits per heavy atom. The molecule has 9 nitrogen and oxygen atoms in total. The largest absolute Gasteiger partial charge is 0.396 e. The Balaban J connectivity index is 0.00000274. The number of rotatable bonds is 5. The maximum Gasteiger partial charge on any atom is 0.263 e. The van der Waals surface area contributed by atoms with Crippen molar-refractivity contribution in [3.8, 4) is 11.3 Å². The number of hydrogen-bond acceptors (Lipinski definition) is 8. The molecule has 3 aromatic rings. The average molecular weight is 488 g/mol. The fourth-order valence-corrected chi connectivity index (χ4v) is 4.89. The van der Waals surface area contributed by atoms with E-state index in [1.54, 1.807) is 6.07 Å². The monoisotopic (exact) mass is 487 g/mol. The van der Waals surface area contributed by atoms with Crippen LogP contribution in [0.1, 0.15) is 25.7 Å². The van der Waals surface area contributed by atoms with E-state index in [9.17, 15) is 20.1 Å². The Kier molecular flexibility index (Phi) is 7.37. The molecule has 0 amide bonds. The van der Waals surface area contributed by atoms with Gasteiger partial charge in [0.15, 0.2) is 0 Å². The molecular formula is C24H30ClN5O4. The summed E-state index contributed by atoms with van der Waals surface area (Å²) in [5.41, 5.74) is 1.21. The molecule has 10 heteroatoms. The van der Waals surface area contributed by atoms with Crippen LogP contribution in [0, 0.1) is 5.92 Å². The number of H-pyrrole nitrogens is 1. The number of piperidine rings is 1. The Labute approximate surface area is 203 Å². The summed E-state index contributed by atoms with van der Waals surface area (Å²) in [4.78, 5) is 27.7. The van der Waals surface area contributed by atoms with Crippen LogP contribution in [0.2, 0.25) is 0 Å². The van der Waals surface area contributed by atoms with Gasteiger partial charge < -0.3 is 25.5 Å². The van der Waals surface area contributed by atoms with Gasteiger partial charge in [0.1, 0.15) is 17.5 Å². The highest BCUT2D eigenvalue weighted by atomic mass is 35.5. The van der Waals surface area contributed by atoms with E-state index in [4.69, 9.17) is 4.98 Å². The average Bonchev–Trinajstić information content (AvgIpc) is 3.12. The van der Waals surface area contributed by atoms with Crippen molar-refractivity contribution in [3.63, 3.8) is 0 Å². The van der Waals surface area contributed by atoms with E-state index >= 15 is 0 Å². The standard InChI is InChI=1S/C24H29N5O4.ClH/c30-13-15-12-18(21(32)20(15)31)26-22-19(17-9-8-14-6-2-3-7-16(14)25-17)23(33)28-24(27-22)29-10-4-1-5-11-29;/h2-3,6-9,15,18,20-21,30-32H,1,4-5,10-13H2,(H2,26,27,28,33);1H/t15-,18-,20-,21+;/m1./s1. The molecule has 2 aromatic heterocycles. The first-order chi connectivity index (χ1) is 16.0. The molecular weight excluding hydrogens is 458 g/mol. The highest BCUT2D eigenvalue weighted by Crippen LogP contribution is 2.32. The van der Waals surface area contributed by atoms with Crippen molar-refractivity contribution in [3.05, 3.63) is 46.8 Å². The quantitative estimate of drug-likeness (QED) is 0.368. The van der Waals surface area contributed by atoms with Gasteiger partial charge in [0.2, 0.25) is 5.95 Å². The summed E-state index contributed by atoms with van der Waals surface area (Å²) in [6, 6.07) is 10.8. The number of pyridine rings is 1. The molecule has 34 heavy (non-hydrogen) atoms. The normalized spacial score (nSPS) is 24.7. The molecule has 0 bridgehead atoms. The van der Waals surface area contributed by atoms with Crippen LogP contribution in [0.15, 0.2) is 41.2 Å². The second-order valence-corrected chi connectivity index (χ2v) is 8.96. The number of aliphatic hydroxyl groups excluding tert-OH is 3. The molecule has 1 saturated heterocycles. The molecule has 4 atom stereocenters. The van der Waals surface area contributed by atoms with Crippen molar-refractivity contribution in [2.45, 2.75) is 43.9 Å². The maximum absolute atomic E-state index is 13.3. The van der Waals surface area contributed by atoms with Crippen molar-refractivity contribution in [2.75, 3.05) is 29.9 Å². The number of aromatic amines is 1. The lowest BCUT2D eigenvalue weighted by Crippen LogP contribution is -2.37. The van der Waals surface area contributed by atoms with Gasteiger partial charge in [-0.1, -0.05) is 24.3 Å². The summed E-state index contributed by atoms with van der Waals surface area (Å²) in [5.74, 6) is 0.360. The van der Waals surface area contributed by atoms with Crippen molar-refractivity contribution in [1.29, 1.82) is 0 Å². The lowest BCUT2D eigenvalue weighted by Gasteiger charge is -2.28. The van der Waals surface area contributed by atoms with Gasteiger partial charge in [0.25, 0.3) is 5.56 Å². The number of anilines is 2. The van der Waals surface area contributed by atoms with Crippen molar-refractivity contribution in [1.82, 2.24) is 15.0 Å². The first-order valence-electron chi connectivity index (χ1n) is 11.5. The second-order valence-electron chi connectivity index (χ2n) is 8.96. The molecule has 5 N–H and O–H groups in total. The van der Waals surface area contributed by atoms with E-state index in [-0.39, 0.29) is 30.1 Å². The van der Waals surface area contributed by atoms with Crippen molar-refractivity contribution >= 4 is 35.1 Å². The third kappa shape index (κ3) is 4.61. The molecule has 1 aliphatic heterocycles. The number of fused-ring (bicyclic) bond motifs is 1. The predicted octanol–water partition coefficient (Wildman–Crippen LogP) is 1.91. The van der Waals surface area contributed by atoms with Crippen LogP contribution in [0.4, 0.5) is 11.8 Å². The van der Waals surface area contributed by atoms with E-state index in [0.29, 0.717) is 23.9 Å². The smallest absolute Gasteiger partial charge is 0.263 e. The molecule has 0 radical (unpaired) electrons. The van der Waals surface area contributed by atoms with Gasteiger partial charge in [-0.15, -0.1) is 12.4 Å². The van der Waals surface area contributed by atoms with Crippen LogP contribution in [0.3, 0.4) is 0 Å². The summed E-state index contributed by atoms with van der Waals surface area (Å²) in [6.07, 6.45) is 1.45. The lowest BCUT2D eigenvalue weighted by molar-refractivity contribution is 0.00446. The molecule has 2 fully saturated rings. The van der Waals surface area contributed by atoms with Crippen LogP contribution in [-0.2, 0) is 0 Å². The third-order valence-corrected chi connectivity index (χ3v) is 6.78. The van der Waals surface area contributed by atoms with Crippen LogP contribution in [-0.4, -0.2) is 68.2 Å². The zero-order valence-electron chi connectivity index (χ0n) is 18.7. The van der Waals surface area contributed by atoms with Gasteiger partial charge >= 0.3 is 0 Å². The van der Waals surface area contributed by atoms with E-state index in [1.165, 1.54) is 0 Å². The van der Waals surface area contributed by atoms with E-state index in [2.05, 4.69) is 20.2 Å². The topological polar surface area (TPSA) is 135 Å². The number of aromatic nitrogens is 3. The first kappa shape index (κ1) is 24.4. The van der Waals surface area contributed by atoms with Crippen LogP contribution >= 0.6 is 12.4 Å². The SMILES string of the molecule is Cl.O=c1[nH]c(N2CCCCC2)nc(N[C@@H]2C[C@H](CO)[C@@H](O)[C@H]2O)c1-c1ccc2ccccc2n1. The molecule has 1 aliphatic carbocycles. The summed E-state index contributed by atoms with van der Waals surface area (Å²) in [5, 5.41) is 34.5. The van der Waals surface area contributed by atoms with Gasteiger partial charge in [0, 0.05) is 31.0 Å². The third-order valence-electron chi connectivity index (χ3n) is 6.78. The zero-order valence-corrected chi connectivity index (χ0v) is 19.5. The second kappa shape index (κ2) is 10.3. The minimum absolute atomic E-state index is 0. The van der Waals surface area contributed by atoms with Gasteiger partial charge in [-0.2, -0.15) is 4.98 Å². The molecule has 0 unspecified atom stereocenters. The van der Waals surface area contributed by atoms with Gasteiger partial charge in [0.05, 0.1) is 23.4 Å². The molecule has 1 saturated carbocycles. The van der Waals surface area contributed by atoms with Gasteiger partial charge in [-0.05, 0) is 37.8 Å². The van der Waals surface area contributed by atoms with Gasteiger partial charge in [-0.25, -0.2) is 4.98 Å². The molecule has 1 aromatic carbocycles.